The van der Waals surface area contributed by atoms with Crippen molar-refractivity contribution in [2.75, 3.05) is 26.4 Å². The molecule has 0 amide bonds. The molecule has 0 saturated heterocycles. The zero-order valence-corrected chi connectivity index (χ0v) is 41.5. The molecule has 0 radical (unpaired) electrons. The van der Waals surface area contributed by atoms with Crippen molar-refractivity contribution < 1.29 is 52.2 Å². The lowest BCUT2D eigenvalue weighted by Gasteiger charge is -2.21. The van der Waals surface area contributed by atoms with Crippen LogP contribution in [-0.4, -0.2) is 66.5 Å². The molecule has 0 spiro atoms. The molecule has 0 aliphatic carbocycles. The minimum atomic E-state index is -4.79. The molecule has 0 aliphatic rings. The summed E-state index contributed by atoms with van der Waals surface area (Å²) in [4.78, 5) is 48.1. The largest absolute Gasteiger partial charge is 0.472 e. The molecule has 372 valence electrons. The van der Waals surface area contributed by atoms with Crippen LogP contribution in [-0.2, 0) is 42.2 Å². The van der Waals surface area contributed by atoms with Gasteiger partial charge in [-0.25, -0.2) is 4.57 Å². The number of phosphoric acid groups is 1. The summed E-state index contributed by atoms with van der Waals surface area (Å²) in [6.07, 6.45) is 56.6. The van der Waals surface area contributed by atoms with Crippen LogP contribution < -0.4 is 0 Å². The van der Waals surface area contributed by atoms with Gasteiger partial charge in [0.25, 0.3) is 0 Å². The van der Waals surface area contributed by atoms with Crippen molar-refractivity contribution in [3.63, 3.8) is 0 Å². The predicted octanol–water partition coefficient (Wildman–Crippen LogP) is 13.7. The number of esters is 3. The van der Waals surface area contributed by atoms with Gasteiger partial charge >= 0.3 is 25.7 Å². The van der Waals surface area contributed by atoms with E-state index in [1.54, 1.807) is 6.08 Å². The monoisotopic (exact) mass is 941 g/mol. The molecule has 0 heterocycles. The van der Waals surface area contributed by atoms with Gasteiger partial charge in [0.15, 0.2) is 6.10 Å². The number of rotatable bonds is 43. The van der Waals surface area contributed by atoms with E-state index in [2.05, 4.69) is 106 Å². The van der Waals surface area contributed by atoms with E-state index in [-0.39, 0.29) is 19.3 Å². The Morgan fingerprint density at radius 1 is 0.455 bits per heavy atom. The average Bonchev–Trinajstić information content (AvgIpc) is 3.30. The fourth-order valence-electron chi connectivity index (χ4n) is 5.72. The summed E-state index contributed by atoms with van der Waals surface area (Å²) in [5, 5.41) is 9.74. The molecular formula is C54H85O11P. The Morgan fingerprint density at radius 3 is 1.39 bits per heavy atom. The van der Waals surface area contributed by atoms with Crippen molar-refractivity contribution in [1.29, 1.82) is 0 Å². The van der Waals surface area contributed by atoms with Gasteiger partial charge in [0.2, 0.25) is 0 Å². The highest BCUT2D eigenvalue weighted by atomic mass is 31.2. The van der Waals surface area contributed by atoms with E-state index >= 15 is 0 Å². The highest BCUT2D eigenvalue weighted by molar-refractivity contribution is 7.47. The summed E-state index contributed by atoms with van der Waals surface area (Å²) >= 11 is 0. The van der Waals surface area contributed by atoms with E-state index in [4.69, 9.17) is 23.3 Å². The topological polar surface area (TPSA) is 155 Å². The molecule has 66 heavy (non-hydrogen) atoms. The van der Waals surface area contributed by atoms with Crippen LogP contribution in [0.5, 0.6) is 0 Å². The highest BCUT2D eigenvalue weighted by Crippen LogP contribution is 2.43. The lowest BCUT2D eigenvalue weighted by atomic mass is 10.1. The number of unbranched alkanes of at least 4 members (excludes halogenated alkanes) is 7. The average molecular weight is 941 g/mol. The van der Waals surface area contributed by atoms with E-state index in [1.165, 1.54) is 12.8 Å². The number of aliphatic hydroxyl groups is 1. The SMILES string of the molecule is CC/C=C\C/C=C\C/C=C\C/C=C\C/C=C\CC(=O)OC(COC(=O)CC/C=C\C/C=C\C/C=C\C/C=C\CC)COP(=O)(O)OCC(CO)OC(=O)CCCCCCC/C=C\CCCC. The molecule has 3 atom stereocenters. The van der Waals surface area contributed by atoms with Gasteiger partial charge in [-0.2, -0.15) is 0 Å². The van der Waals surface area contributed by atoms with Crippen LogP contribution in [0.2, 0.25) is 0 Å². The number of aliphatic hydroxyl groups excluding tert-OH is 1. The predicted molar refractivity (Wildman–Crippen MR) is 270 cm³/mol. The quantitative estimate of drug-likeness (QED) is 0.0197. The highest BCUT2D eigenvalue weighted by Gasteiger charge is 2.28. The Balaban J connectivity index is 5.00. The van der Waals surface area contributed by atoms with Crippen LogP contribution in [0, 0.1) is 0 Å². The van der Waals surface area contributed by atoms with Crippen molar-refractivity contribution in [3.05, 3.63) is 122 Å². The number of phosphoric ester groups is 1. The van der Waals surface area contributed by atoms with Gasteiger partial charge < -0.3 is 24.2 Å². The maximum absolute atomic E-state index is 12.8. The standard InChI is InChI=1S/C54H85O11P/c1-4-7-10-13-16-19-22-24-25-27-30-33-36-39-42-45-54(58)65-51(47-61-52(56)43-40-37-34-31-29-26-23-20-17-14-11-8-5-2)49-63-66(59,60)62-48-50(46-55)64-53(57)44-41-38-35-32-28-21-18-15-12-9-6-3/h7-8,10-11,15-20,24-26,29-30,33-34,37,39,42,50-51,55H,4-6,9,12-14,21-23,27-28,31-32,35-36,38,40-41,43-49H2,1-3H3,(H,59,60)/b10-7-,11-8-,18-15-,19-16-,20-17-,25-24-,29-26-,33-30-,37-34-,42-39-. The van der Waals surface area contributed by atoms with Crippen molar-refractivity contribution in [3.8, 4) is 0 Å². The molecule has 0 fully saturated rings. The van der Waals surface area contributed by atoms with E-state index in [9.17, 15) is 28.9 Å². The zero-order chi connectivity index (χ0) is 48.4. The summed E-state index contributed by atoms with van der Waals surface area (Å²) in [7, 11) is -4.79. The summed E-state index contributed by atoms with van der Waals surface area (Å²) in [6.45, 7) is 4.11. The molecule has 0 aromatic carbocycles. The fraction of sp³-hybridized carbons (Fsp3) is 0.574. The van der Waals surface area contributed by atoms with Crippen molar-refractivity contribution in [1.82, 2.24) is 0 Å². The molecule has 0 rings (SSSR count). The molecule has 2 N–H and O–H groups in total. The first-order valence-corrected chi connectivity index (χ1v) is 25.9. The Hall–Kier alpha value is -4.12. The van der Waals surface area contributed by atoms with Crippen LogP contribution in [0.4, 0.5) is 0 Å². The molecule has 0 aliphatic heterocycles. The van der Waals surface area contributed by atoms with Crippen LogP contribution >= 0.6 is 7.82 Å². The van der Waals surface area contributed by atoms with E-state index in [0.29, 0.717) is 19.3 Å². The van der Waals surface area contributed by atoms with Gasteiger partial charge in [-0.15, -0.1) is 0 Å². The van der Waals surface area contributed by atoms with Gasteiger partial charge in [0, 0.05) is 12.8 Å². The second kappa shape index (κ2) is 47.4. The summed E-state index contributed by atoms with van der Waals surface area (Å²) in [5.74, 6) is -1.75. The van der Waals surface area contributed by atoms with Crippen LogP contribution in [0.1, 0.15) is 162 Å². The molecular weight excluding hydrogens is 856 g/mol. The summed E-state index contributed by atoms with van der Waals surface area (Å²) in [5.41, 5.74) is 0. The first-order valence-electron chi connectivity index (χ1n) is 24.4. The second-order valence-corrected chi connectivity index (χ2v) is 17.0. The molecule has 0 aromatic rings. The normalized spacial score (nSPS) is 14.6. The molecule has 12 heteroatoms. The second-order valence-electron chi connectivity index (χ2n) is 15.5. The van der Waals surface area contributed by atoms with E-state index in [0.717, 1.165) is 89.9 Å². The van der Waals surface area contributed by atoms with Gasteiger partial charge in [-0.05, 0) is 89.9 Å². The van der Waals surface area contributed by atoms with Crippen molar-refractivity contribution in [2.45, 2.75) is 174 Å². The summed E-state index contributed by atoms with van der Waals surface area (Å²) in [6, 6.07) is 0. The Kier molecular flexibility index (Phi) is 44.4. The summed E-state index contributed by atoms with van der Waals surface area (Å²) < 4.78 is 39.0. The maximum atomic E-state index is 12.8. The number of hydrogen-bond acceptors (Lipinski definition) is 10. The fourth-order valence-corrected chi connectivity index (χ4v) is 6.50. The van der Waals surface area contributed by atoms with Crippen molar-refractivity contribution >= 4 is 25.7 Å². The van der Waals surface area contributed by atoms with E-state index in [1.807, 2.05) is 30.4 Å². The van der Waals surface area contributed by atoms with Crippen LogP contribution in [0.15, 0.2) is 122 Å². The first kappa shape index (κ1) is 61.9. The van der Waals surface area contributed by atoms with Gasteiger partial charge in [0.05, 0.1) is 26.2 Å². The van der Waals surface area contributed by atoms with Gasteiger partial charge in [-0.1, -0.05) is 174 Å². The molecule has 0 bridgehead atoms. The molecule has 0 saturated carbocycles. The van der Waals surface area contributed by atoms with Gasteiger partial charge in [0.1, 0.15) is 12.7 Å². The lowest BCUT2D eigenvalue weighted by molar-refractivity contribution is -0.160. The van der Waals surface area contributed by atoms with Crippen molar-refractivity contribution in [2.24, 2.45) is 0 Å². The Labute approximate surface area is 398 Å². The third kappa shape index (κ3) is 45.1. The minimum absolute atomic E-state index is 0.0791. The smallest absolute Gasteiger partial charge is 0.462 e. The molecule has 0 aromatic heterocycles. The third-order valence-electron chi connectivity index (χ3n) is 9.40. The number of hydrogen-bond donors (Lipinski definition) is 2. The number of allylic oxidation sites excluding steroid dienone is 19. The molecule has 3 unspecified atom stereocenters. The number of ether oxygens (including phenoxy) is 3. The lowest BCUT2D eigenvalue weighted by Crippen LogP contribution is -2.30. The first-order chi connectivity index (χ1) is 32.2. The zero-order valence-electron chi connectivity index (χ0n) is 40.6. The minimum Gasteiger partial charge on any atom is -0.462 e. The number of carbonyl (C=O) groups is 3. The Bertz CT molecular complexity index is 1570. The number of carbonyl (C=O) groups excluding carboxylic acids is 3. The molecule has 11 nitrogen and oxygen atoms in total. The van der Waals surface area contributed by atoms with Gasteiger partial charge in [-0.3, -0.25) is 23.4 Å². The maximum Gasteiger partial charge on any atom is 0.472 e. The van der Waals surface area contributed by atoms with E-state index < -0.39 is 64.4 Å². The van der Waals surface area contributed by atoms with Crippen LogP contribution in [0.3, 0.4) is 0 Å². The Morgan fingerprint density at radius 2 is 0.879 bits per heavy atom. The van der Waals surface area contributed by atoms with Crippen LogP contribution in [0.25, 0.3) is 0 Å². The third-order valence-corrected chi connectivity index (χ3v) is 10.3.